The molecule has 0 fully saturated rings. The van der Waals surface area contributed by atoms with Gasteiger partial charge in [0.25, 0.3) is 5.91 Å². The average molecular weight is 443 g/mol. The zero-order chi connectivity index (χ0) is 23.3. The number of halogens is 3. The number of ether oxygens (including phenoxy) is 2. The summed E-state index contributed by atoms with van der Waals surface area (Å²) in [6.45, 7) is 4.26. The van der Waals surface area contributed by atoms with Gasteiger partial charge in [0.15, 0.2) is 0 Å². The molecule has 0 aliphatic heterocycles. The molecule has 0 saturated carbocycles. The number of nitrogens with one attached hydrogen (secondary N) is 1. The van der Waals surface area contributed by atoms with Crippen molar-refractivity contribution in [3.05, 3.63) is 89.0 Å². The van der Waals surface area contributed by atoms with Gasteiger partial charge in [0, 0.05) is 11.1 Å². The van der Waals surface area contributed by atoms with Gasteiger partial charge in [0.05, 0.1) is 18.4 Å². The fourth-order valence-corrected chi connectivity index (χ4v) is 3.31. The Labute approximate surface area is 185 Å². The molecule has 0 radical (unpaired) electrons. The largest absolute Gasteiger partial charge is 0.496 e. The third-order valence-corrected chi connectivity index (χ3v) is 4.95. The lowest BCUT2D eigenvalue weighted by atomic mass is 10.0. The van der Waals surface area contributed by atoms with Crippen LogP contribution in [0.4, 0.5) is 18.9 Å². The molecule has 0 aliphatic rings. The number of hydrogen-bond donors (Lipinski definition) is 1. The number of rotatable bonds is 7. The van der Waals surface area contributed by atoms with E-state index in [1.165, 1.54) is 31.4 Å². The summed E-state index contributed by atoms with van der Waals surface area (Å²) in [5.41, 5.74) is 0.630. The van der Waals surface area contributed by atoms with Gasteiger partial charge in [-0.15, -0.1) is 0 Å². The van der Waals surface area contributed by atoms with E-state index in [0.717, 1.165) is 17.4 Å². The molecule has 168 valence electrons. The number of hydrogen-bond acceptors (Lipinski definition) is 3. The quantitative estimate of drug-likeness (QED) is 0.444. The van der Waals surface area contributed by atoms with Gasteiger partial charge in [-0.2, -0.15) is 13.2 Å². The first-order valence-corrected chi connectivity index (χ1v) is 10.1. The minimum Gasteiger partial charge on any atom is -0.496 e. The van der Waals surface area contributed by atoms with Crippen molar-refractivity contribution >= 4 is 11.6 Å². The van der Waals surface area contributed by atoms with Crippen molar-refractivity contribution in [3.8, 4) is 11.5 Å². The Kier molecular flexibility index (Phi) is 7.08. The van der Waals surface area contributed by atoms with Crippen molar-refractivity contribution in [2.24, 2.45) is 0 Å². The normalized spacial score (nSPS) is 11.3. The third-order valence-electron chi connectivity index (χ3n) is 4.95. The molecule has 4 nitrogen and oxygen atoms in total. The van der Waals surface area contributed by atoms with Gasteiger partial charge in [0.2, 0.25) is 0 Å². The minimum absolute atomic E-state index is 0.132. The van der Waals surface area contributed by atoms with Gasteiger partial charge < -0.3 is 14.8 Å². The van der Waals surface area contributed by atoms with Gasteiger partial charge >= 0.3 is 6.18 Å². The number of alkyl halides is 3. The summed E-state index contributed by atoms with van der Waals surface area (Å²) in [6, 6.07) is 17.2. The Hall–Kier alpha value is -3.48. The van der Waals surface area contributed by atoms with E-state index in [9.17, 15) is 18.0 Å². The molecule has 0 heterocycles. The van der Waals surface area contributed by atoms with Crippen LogP contribution in [-0.4, -0.2) is 13.0 Å². The molecule has 0 spiro atoms. The fourth-order valence-electron chi connectivity index (χ4n) is 3.31. The van der Waals surface area contributed by atoms with Gasteiger partial charge in [-0.1, -0.05) is 44.2 Å². The number of amides is 1. The van der Waals surface area contributed by atoms with Gasteiger partial charge in [-0.3, -0.25) is 4.79 Å². The van der Waals surface area contributed by atoms with E-state index in [4.69, 9.17) is 9.47 Å². The molecule has 0 aromatic heterocycles. The second-order valence-corrected chi connectivity index (χ2v) is 7.51. The molecule has 0 saturated heterocycles. The summed E-state index contributed by atoms with van der Waals surface area (Å²) in [5.74, 6) is 0.838. The maximum absolute atomic E-state index is 13.2. The predicted octanol–water partition coefficient (Wildman–Crippen LogP) is 6.67. The molecule has 7 heteroatoms. The lowest BCUT2D eigenvalue weighted by Gasteiger charge is -2.16. The predicted molar refractivity (Wildman–Crippen MR) is 117 cm³/mol. The average Bonchev–Trinajstić information content (AvgIpc) is 2.77. The van der Waals surface area contributed by atoms with Crippen LogP contribution < -0.4 is 14.8 Å². The fraction of sp³-hybridized carbons (Fsp3) is 0.240. The van der Waals surface area contributed by atoms with Crippen LogP contribution in [0.2, 0.25) is 0 Å². The highest BCUT2D eigenvalue weighted by Crippen LogP contribution is 2.35. The van der Waals surface area contributed by atoms with E-state index in [-0.39, 0.29) is 23.8 Å². The maximum atomic E-state index is 13.2. The van der Waals surface area contributed by atoms with Crippen LogP contribution in [0, 0.1) is 0 Å². The van der Waals surface area contributed by atoms with Crippen LogP contribution in [0.1, 0.15) is 46.8 Å². The molecule has 0 aliphatic carbocycles. The van der Waals surface area contributed by atoms with Crippen molar-refractivity contribution in [1.82, 2.24) is 0 Å². The minimum atomic E-state index is -4.58. The smallest absolute Gasteiger partial charge is 0.418 e. The topological polar surface area (TPSA) is 47.6 Å². The Morgan fingerprint density at radius 2 is 1.66 bits per heavy atom. The number of carbonyl (C=O) groups excluding carboxylic acids is 1. The highest BCUT2D eigenvalue weighted by molar-refractivity contribution is 6.05. The first-order chi connectivity index (χ1) is 15.2. The van der Waals surface area contributed by atoms with Gasteiger partial charge in [-0.05, 0) is 47.9 Å². The van der Waals surface area contributed by atoms with Crippen LogP contribution in [0.25, 0.3) is 0 Å². The van der Waals surface area contributed by atoms with Crippen molar-refractivity contribution in [1.29, 1.82) is 0 Å². The lowest BCUT2D eigenvalue weighted by Crippen LogP contribution is -2.17. The summed E-state index contributed by atoms with van der Waals surface area (Å²) in [7, 11) is 1.50. The van der Waals surface area contributed by atoms with Crippen molar-refractivity contribution < 1.29 is 27.4 Å². The molecule has 1 N–H and O–H groups in total. The maximum Gasteiger partial charge on any atom is 0.418 e. The van der Waals surface area contributed by atoms with Gasteiger partial charge in [0.1, 0.15) is 18.1 Å². The number of para-hydroxylation sites is 2. The monoisotopic (exact) mass is 443 g/mol. The van der Waals surface area contributed by atoms with E-state index < -0.39 is 17.6 Å². The Bertz CT molecular complexity index is 1090. The molecule has 3 rings (SSSR count). The first-order valence-electron chi connectivity index (χ1n) is 10.1. The van der Waals surface area contributed by atoms with Crippen LogP contribution in [0.3, 0.4) is 0 Å². The van der Waals surface area contributed by atoms with Gasteiger partial charge in [-0.25, -0.2) is 0 Å². The first kappa shape index (κ1) is 23.2. The van der Waals surface area contributed by atoms with E-state index in [0.29, 0.717) is 11.3 Å². The van der Waals surface area contributed by atoms with Crippen LogP contribution in [0.5, 0.6) is 11.5 Å². The third kappa shape index (κ3) is 5.41. The van der Waals surface area contributed by atoms with E-state index in [1.807, 2.05) is 24.3 Å². The van der Waals surface area contributed by atoms with E-state index in [2.05, 4.69) is 19.2 Å². The molecule has 1 amide bonds. The summed E-state index contributed by atoms with van der Waals surface area (Å²) < 4.78 is 51.0. The standard InChI is InChI=1S/C25H24F3NO3/c1-16(2)19-8-4-7-11-23(19)32-15-18-14-17(12-13-22(18)31-3)24(30)29-21-10-6-5-9-20(21)25(26,27)28/h4-14,16H,15H2,1-3H3,(H,29,30). The summed E-state index contributed by atoms with van der Waals surface area (Å²) in [6.07, 6.45) is -4.58. The zero-order valence-corrected chi connectivity index (χ0v) is 18.0. The van der Waals surface area contributed by atoms with Crippen LogP contribution in [-0.2, 0) is 12.8 Å². The number of anilines is 1. The molecular formula is C25H24F3NO3. The van der Waals surface area contributed by atoms with Crippen LogP contribution >= 0.6 is 0 Å². The molecule has 32 heavy (non-hydrogen) atoms. The highest BCUT2D eigenvalue weighted by Gasteiger charge is 2.33. The second kappa shape index (κ2) is 9.77. The zero-order valence-electron chi connectivity index (χ0n) is 18.0. The number of benzene rings is 3. The Balaban J connectivity index is 1.83. The molecular weight excluding hydrogens is 419 g/mol. The molecule has 3 aromatic rings. The Morgan fingerprint density at radius 3 is 2.34 bits per heavy atom. The van der Waals surface area contributed by atoms with E-state index in [1.54, 1.807) is 12.1 Å². The summed E-state index contributed by atoms with van der Waals surface area (Å²) in [4.78, 5) is 12.7. The SMILES string of the molecule is COc1ccc(C(=O)Nc2ccccc2C(F)(F)F)cc1COc1ccccc1C(C)C. The van der Waals surface area contributed by atoms with Crippen molar-refractivity contribution in [3.63, 3.8) is 0 Å². The number of carbonyl (C=O) groups is 1. The second-order valence-electron chi connectivity index (χ2n) is 7.51. The Morgan fingerprint density at radius 1 is 0.969 bits per heavy atom. The lowest BCUT2D eigenvalue weighted by molar-refractivity contribution is -0.136. The van der Waals surface area contributed by atoms with E-state index >= 15 is 0 Å². The van der Waals surface area contributed by atoms with Crippen molar-refractivity contribution in [2.75, 3.05) is 12.4 Å². The summed E-state index contributed by atoms with van der Waals surface area (Å²) >= 11 is 0. The van der Waals surface area contributed by atoms with Crippen molar-refractivity contribution in [2.45, 2.75) is 32.5 Å². The molecule has 0 atom stereocenters. The van der Waals surface area contributed by atoms with Crippen LogP contribution in [0.15, 0.2) is 66.7 Å². The number of methoxy groups -OCH3 is 1. The highest BCUT2D eigenvalue weighted by atomic mass is 19.4. The molecule has 0 bridgehead atoms. The molecule has 0 unspecified atom stereocenters. The summed E-state index contributed by atoms with van der Waals surface area (Å²) in [5, 5.41) is 2.36. The molecule has 3 aromatic carbocycles.